The number of aromatic nitrogens is 2. The minimum Gasteiger partial charge on any atom is -0.383 e. The van der Waals surface area contributed by atoms with Crippen LogP contribution in [0.2, 0.25) is 0 Å². The van der Waals surface area contributed by atoms with Crippen LogP contribution in [0.15, 0.2) is 60.7 Å². The maximum atomic E-state index is 14.0. The molecule has 4 N–H and O–H groups in total. The molecule has 3 heterocycles. The van der Waals surface area contributed by atoms with Gasteiger partial charge in [-0.15, -0.1) is 5.53 Å². The first-order valence-electron chi connectivity index (χ1n) is 14.5. The van der Waals surface area contributed by atoms with Crippen molar-refractivity contribution in [2.24, 2.45) is 5.41 Å². The van der Waals surface area contributed by atoms with Gasteiger partial charge in [0.2, 0.25) is 0 Å². The second kappa shape index (κ2) is 11.1. The first-order chi connectivity index (χ1) is 21.9. The van der Waals surface area contributed by atoms with E-state index in [1.165, 1.54) is 12.4 Å². The molecule has 0 amide bonds. The average Bonchev–Trinajstić information content (AvgIpc) is 3.72. The number of nitrogens with zero attached hydrogens (tertiary/aromatic N) is 6. The second-order valence-corrected chi connectivity index (χ2v) is 12.6. The van der Waals surface area contributed by atoms with Crippen molar-refractivity contribution in [2.45, 2.75) is 51.4 Å². The molecule has 10 nitrogen and oxygen atoms in total. The molecule has 232 valence electrons. The molecule has 0 spiro atoms. The van der Waals surface area contributed by atoms with E-state index < -0.39 is 17.8 Å². The van der Waals surface area contributed by atoms with Crippen LogP contribution in [0.3, 0.4) is 0 Å². The fraction of sp³-hybridized carbons (Fsp3) is 0.303. The first-order valence-corrected chi connectivity index (χ1v) is 14.5. The summed E-state index contributed by atoms with van der Waals surface area (Å²) in [6.45, 7) is 6.69. The monoisotopic (exact) mass is 622 g/mol. The molecule has 1 fully saturated rings. The quantitative estimate of drug-likeness (QED) is 0.186. The Morgan fingerprint density at radius 1 is 0.957 bits per heavy atom. The topological polar surface area (TPSA) is 149 Å². The van der Waals surface area contributed by atoms with E-state index in [1.54, 1.807) is 42.6 Å². The zero-order valence-electron chi connectivity index (χ0n) is 25.2. The summed E-state index contributed by atoms with van der Waals surface area (Å²) in [4.78, 5) is 8.82. The lowest BCUT2D eigenvalue weighted by atomic mass is 9.95. The van der Waals surface area contributed by atoms with Gasteiger partial charge in [-0.2, -0.15) is 29.0 Å². The van der Waals surface area contributed by atoms with E-state index >= 15 is 0 Å². The number of hydrazine groups is 2. The molecule has 1 saturated carbocycles. The van der Waals surface area contributed by atoms with Gasteiger partial charge in [-0.25, -0.2) is 0 Å². The van der Waals surface area contributed by atoms with Gasteiger partial charge in [-0.05, 0) is 48.1 Å². The zero-order valence-corrected chi connectivity index (χ0v) is 25.2. The molecule has 0 radical (unpaired) electrons. The van der Waals surface area contributed by atoms with Crippen LogP contribution in [0.25, 0.3) is 21.8 Å². The van der Waals surface area contributed by atoms with Gasteiger partial charge in [0, 0.05) is 41.6 Å². The molecule has 0 saturated heterocycles. The number of nitriles is 3. The standard InChI is InChI=1S/C33H29F3N10/c1-31(2,3)18-42-29-21(15-39)16-41-28-20(14-38)11-22(12-25(28)29)43-30(24-7-6-19(13-37)27-23(24)5-4-10-40-27)26-17-46(45-44-26)32(8-9-32)33(34,35)36/h4-7,10-12,16-17,30,43-45H,8-9,18H2,1-3H3,(H,41,42)/t30-/m0/s1. The number of benzene rings is 2. The Hall–Kier alpha value is -5.58. The summed E-state index contributed by atoms with van der Waals surface area (Å²) in [6.07, 6.45) is -0.153. The normalized spacial score (nSPS) is 16.2. The number of nitrogens with one attached hydrogen (secondary N) is 4. The van der Waals surface area contributed by atoms with Crippen LogP contribution in [0, 0.1) is 39.4 Å². The maximum absolute atomic E-state index is 14.0. The fourth-order valence-corrected chi connectivity index (χ4v) is 5.61. The fourth-order valence-electron chi connectivity index (χ4n) is 5.61. The van der Waals surface area contributed by atoms with Crippen LogP contribution in [-0.4, -0.2) is 33.2 Å². The highest BCUT2D eigenvalue weighted by Gasteiger charge is 2.67. The molecule has 2 aromatic carbocycles. The van der Waals surface area contributed by atoms with Crippen LogP contribution in [-0.2, 0) is 0 Å². The van der Waals surface area contributed by atoms with Gasteiger partial charge in [0.25, 0.3) is 0 Å². The molecule has 2 aliphatic rings. The Balaban J connectivity index is 1.51. The summed E-state index contributed by atoms with van der Waals surface area (Å²) in [6, 6.07) is 16.0. The SMILES string of the molecule is CC(C)(C)CNc1c(C#N)cnc2c(C#N)cc(N[C@H](C3=CN(C4(C(F)(F)F)CC4)NN3)c3ccc(C#N)c4ncccc34)cc12. The summed E-state index contributed by atoms with van der Waals surface area (Å²) in [5.74, 6) is 0. The molecule has 13 heteroatoms. The van der Waals surface area contributed by atoms with Gasteiger partial charge >= 0.3 is 6.18 Å². The van der Waals surface area contributed by atoms with Crippen LogP contribution >= 0.6 is 0 Å². The third-order valence-electron chi connectivity index (χ3n) is 8.17. The Kier molecular flexibility index (Phi) is 7.34. The average molecular weight is 623 g/mol. The predicted molar refractivity (Wildman–Crippen MR) is 166 cm³/mol. The van der Waals surface area contributed by atoms with Crippen molar-refractivity contribution >= 4 is 33.2 Å². The van der Waals surface area contributed by atoms with Gasteiger partial charge < -0.3 is 16.1 Å². The van der Waals surface area contributed by atoms with Crippen molar-refractivity contribution in [3.63, 3.8) is 0 Å². The van der Waals surface area contributed by atoms with Gasteiger partial charge in [0.05, 0.1) is 45.2 Å². The summed E-state index contributed by atoms with van der Waals surface area (Å²) in [5.41, 5.74) is 7.21. The van der Waals surface area contributed by atoms with Crippen LogP contribution < -0.4 is 21.6 Å². The number of pyridine rings is 2. The van der Waals surface area contributed by atoms with Crippen molar-refractivity contribution in [1.29, 1.82) is 15.8 Å². The van der Waals surface area contributed by atoms with E-state index in [9.17, 15) is 29.0 Å². The molecule has 2 aromatic heterocycles. The number of rotatable bonds is 7. The minimum absolute atomic E-state index is 0.0501. The summed E-state index contributed by atoms with van der Waals surface area (Å²) in [5, 5.41) is 38.7. The molecule has 46 heavy (non-hydrogen) atoms. The molecule has 1 aliphatic carbocycles. The Bertz CT molecular complexity index is 2020. The van der Waals surface area contributed by atoms with Crippen LogP contribution in [0.5, 0.6) is 0 Å². The highest BCUT2D eigenvalue weighted by molar-refractivity contribution is 5.99. The number of hydrogen-bond donors (Lipinski definition) is 4. The molecule has 1 atom stereocenters. The lowest BCUT2D eigenvalue weighted by Gasteiger charge is -2.28. The van der Waals surface area contributed by atoms with Crippen molar-refractivity contribution in [3.05, 3.63) is 82.9 Å². The predicted octanol–water partition coefficient (Wildman–Crippen LogP) is 6.27. The van der Waals surface area contributed by atoms with Crippen LogP contribution in [0.1, 0.15) is 61.9 Å². The van der Waals surface area contributed by atoms with Crippen molar-refractivity contribution in [2.75, 3.05) is 17.2 Å². The zero-order chi connectivity index (χ0) is 32.9. The summed E-state index contributed by atoms with van der Waals surface area (Å²) < 4.78 is 42.1. The van der Waals surface area contributed by atoms with Crippen molar-refractivity contribution < 1.29 is 13.2 Å². The minimum atomic E-state index is -4.45. The van der Waals surface area contributed by atoms with E-state index in [0.29, 0.717) is 62.1 Å². The number of alkyl halides is 3. The molecule has 1 aliphatic heterocycles. The van der Waals surface area contributed by atoms with E-state index in [0.717, 1.165) is 5.01 Å². The van der Waals surface area contributed by atoms with Crippen molar-refractivity contribution in [1.82, 2.24) is 25.9 Å². The smallest absolute Gasteiger partial charge is 0.383 e. The molecular formula is C33H29F3N10. The van der Waals surface area contributed by atoms with Gasteiger partial charge in [0.1, 0.15) is 18.2 Å². The Morgan fingerprint density at radius 2 is 1.67 bits per heavy atom. The molecular weight excluding hydrogens is 593 g/mol. The highest BCUT2D eigenvalue weighted by Crippen LogP contribution is 2.54. The number of anilines is 2. The summed E-state index contributed by atoms with van der Waals surface area (Å²) >= 11 is 0. The van der Waals surface area contributed by atoms with Gasteiger partial charge in [-0.1, -0.05) is 32.9 Å². The third kappa shape index (κ3) is 5.33. The van der Waals surface area contributed by atoms with Crippen molar-refractivity contribution in [3.8, 4) is 18.2 Å². The van der Waals surface area contributed by atoms with Gasteiger partial charge in [-0.3, -0.25) is 15.0 Å². The number of fused-ring (bicyclic) bond motifs is 2. The van der Waals surface area contributed by atoms with E-state index in [2.05, 4.69) is 70.5 Å². The Morgan fingerprint density at radius 3 is 2.33 bits per heavy atom. The molecule has 6 rings (SSSR count). The van der Waals surface area contributed by atoms with E-state index in [4.69, 9.17) is 0 Å². The lowest BCUT2D eigenvalue weighted by molar-refractivity contribution is -0.195. The first kappa shape index (κ1) is 30.4. The Labute approximate surface area is 263 Å². The van der Waals surface area contributed by atoms with Crippen LogP contribution in [0.4, 0.5) is 24.5 Å². The highest BCUT2D eigenvalue weighted by atomic mass is 19.4. The number of hydrogen-bond acceptors (Lipinski definition) is 10. The molecule has 4 aromatic rings. The van der Waals surface area contributed by atoms with Gasteiger partial charge in [0.15, 0.2) is 5.54 Å². The second-order valence-electron chi connectivity index (χ2n) is 12.6. The lowest BCUT2D eigenvalue weighted by Crippen LogP contribution is -2.52. The van der Waals surface area contributed by atoms with E-state index in [-0.39, 0.29) is 23.8 Å². The van der Waals surface area contributed by atoms with E-state index in [1.807, 2.05) is 0 Å². The third-order valence-corrected chi connectivity index (χ3v) is 8.17. The largest absolute Gasteiger partial charge is 0.413 e. The molecule has 0 unspecified atom stereocenters. The number of halogens is 3. The summed E-state index contributed by atoms with van der Waals surface area (Å²) in [7, 11) is 0. The molecule has 0 bridgehead atoms. The maximum Gasteiger partial charge on any atom is 0.413 e.